The third-order valence-corrected chi connectivity index (χ3v) is 2.37. The van der Waals surface area contributed by atoms with Crippen LogP contribution in [0.4, 0.5) is 4.39 Å². The largest absolute Gasteiger partial charge is 0.316 e. The van der Waals surface area contributed by atoms with Crippen LogP contribution in [0.2, 0.25) is 0 Å². The summed E-state index contributed by atoms with van der Waals surface area (Å²) in [4.78, 5) is 0. The molecule has 0 aromatic carbocycles. The Morgan fingerprint density at radius 2 is 2.20 bits per heavy atom. The van der Waals surface area contributed by atoms with E-state index in [2.05, 4.69) is 5.32 Å². The van der Waals surface area contributed by atoms with Gasteiger partial charge in [-0.25, -0.2) is 4.39 Å². The quantitative estimate of drug-likeness (QED) is 0.637. The maximum absolute atomic E-state index is 13.5. The van der Waals surface area contributed by atoms with Gasteiger partial charge in [-0.2, -0.15) is 0 Å². The summed E-state index contributed by atoms with van der Waals surface area (Å²) in [6.45, 7) is 5.49. The van der Waals surface area contributed by atoms with E-state index < -0.39 is 5.67 Å². The monoisotopic (exact) mass is 145 g/mol. The molecule has 1 N–H and O–H groups in total. The van der Waals surface area contributed by atoms with Crippen molar-refractivity contribution >= 4 is 0 Å². The third-order valence-electron chi connectivity index (χ3n) is 2.37. The normalized spacial score (nSPS) is 25.5. The molecule has 1 fully saturated rings. The van der Waals surface area contributed by atoms with Crippen LogP contribution in [0.3, 0.4) is 0 Å². The summed E-state index contributed by atoms with van der Waals surface area (Å²) >= 11 is 0. The molecule has 1 nitrogen and oxygen atoms in total. The van der Waals surface area contributed by atoms with E-state index in [1.54, 1.807) is 6.92 Å². The molecule has 0 aliphatic carbocycles. The molecule has 0 radical (unpaired) electrons. The SMILES string of the molecule is CCCC(C)(F)C1CNC1. The van der Waals surface area contributed by atoms with E-state index in [-0.39, 0.29) is 5.92 Å². The zero-order chi connectivity index (χ0) is 7.61. The van der Waals surface area contributed by atoms with E-state index in [1.165, 1.54) is 0 Å². The second-order valence-electron chi connectivity index (χ2n) is 3.38. The van der Waals surface area contributed by atoms with Gasteiger partial charge < -0.3 is 5.32 Å². The second-order valence-corrected chi connectivity index (χ2v) is 3.38. The fourth-order valence-electron chi connectivity index (χ4n) is 1.41. The molecule has 1 aliphatic rings. The van der Waals surface area contributed by atoms with Gasteiger partial charge >= 0.3 is 0 Å². The Morgan fingerprint density at radius 1 is 1.60 bits per heavy atom. The zero-order valence-corrected chi connectivity index (χ0v) is 6.78. The Balaban J connectivity index is 2.33. The summed E-state index contributed by atoms with van der Waals surface area (Å²) in [6.07, 6.45) is 1.66. The van der Waals surface area contributed by atoms with Gasteiger partial charge in [0.15, 0.2) is 0 Å². The van der Waals surface area contributed by atoms with Gasteiger partial charge in [0.1, 0.15) is 5.67 Å². The van der Waals surface area contributed by atoms with Crippen LogP contribution in [0.5, 0.6) is 0 Å². The lowest BCUT2D eigenvalue weighted by Gasteiger charge is -2.37. The van der Waals surface area contributed by atoms with Crippen molar-refractivity contribution in [3.63, 3.8) is 0 Å². The molecular formula is C8H16FN. The summed E-state index contributed by atoms with van der Waals surface area (Å²) in [7, 11) is 0. The average molecular weight is 145 g/mol. The third kappa shape index (κ3) is 1.48. The van der Waals surface area contributed by atoms with Gasteiger partial charge in [-0.1, -0.05) is 13.3 Å². The molecule has 1 heterocycles. The summed E-state index contributed by atoms with van der Waals surface area (Å²) in [5.74, 6) is 0.271. The molecule has 1 unspecified atom stereocenters. The fourth-order valence-corrected chi connectivity index (χ4v) is 1.41. The molecule has 2 heteroatoms. The summed E-state index contributed by atoms with van der Waals surface area (Å²) in [5.41, 5.74) is -0.917. The molecule has 60 valence electrons. The van der Waals surface area contributed by atoms with Crippen LogP contribution in [0.1, 0.15) is 26.7 Å². The van der Waals surface area contributed by atoms with Gasteiger partial charge in [-0.15, -0.1) is 0 Å². The lowest BCUT2D eigenvalue weighted by molar-refractivity contribution is 0.0562. The summed E-state index contributed by atoms with van der Waals surface area (Å²) < 4.78 is 13.5. The maximum Gasteiger partial charge on any atom is 0.113 e. The Hall–Kier alpha value is -0.110. The molecule has 0 spiro atoms. The highest BCUT2D eigenvalue weighted by molar-refractivity contribution is 4.90. The van der Waals surface area contributed by atoms with E-state index in [0.29, 0.717) is 6.42 Å². The first kappa shape index (κ1) is 7.99. The number of halogens is 1. The predicted octanol–water partition coefficient (Wildman–Crippen LogP) is 1.73. The van der Waals surface area contributed by atoms with Gasteiger partial charge in [-0.05, 0) is 13.3 Å². The minimum Gasteiger partial charge on any atom is -0.316 e. The van der Waals surface area contributed by atoms with E-state index in [0.717, 1.165) is 19.5 Å². The van der Waals surface area contributed by atoms with Gasteiger partial charge in [-0.3, -0.25) is 0 Å². The highest BCUT2D eigenvalue weighted by atomic mass is 19.1. The molecule has 1 atom stereocenters. The lowest BCUT2D eigenvalue weighted by Crippen LogP contribution is -2.52. The minimum absolute atomic E-state index is 0.271. The van der Waals surface area contributed by atoms with Gasteiger partial charge in [0.05, 0.1) is 0 Å². The van der Waals surface area contributed by atoms with Crippen molar-refractivity contribution in [3.8, 4) is 0 Å². The molecule has 0 amide bonds. The van der Waals surface area contributed by atoms with E-state index in [9.17, 15) is 4.39 Å². The number of nitrogens with one attached hydrogen (secondary N) is 1. The van der Waals surface area contributed by atoms with Gasteiger partial charge in [0.25, 0.3) is 0 Å². The van der Waals surface area contributed by atoms with Crippen molar-refractivity contribution in [1.82, 2.24) is 5.32 Å². The molecule has 0 aromatic rings. The van der Waals surface area contributed by atoms with Crippen molar-refractivity contribution in [2.45, 2.75) is 32.4 Å². The summed E-state index contributed by atoms with van der Waals surface area (Å²) in [6, 6.07) is 0. The van der Waals surface area contributed by atoms with Crippen LogP contribution in [0.25, 0.3) is 0 Å². The molecular weight excluding hydrogens is 129 g/mol. The number of hydrogen-bond acceptors (Lipinski definition) is 1. The maximum atomic E-state index is 13.5. The highest BCUT2D eigenvalue weighted by Crippen LogP contribution is 2.29. The zero-order valence-electron chi connectivity index (χ0n) is 6.78. The molecule has 1 rings (SSSR count). The lowest BCUT2D eigenvalue weighted by atomic mass is 9.83. The molecule has 0 bridgehead atoms. The average Bonchev–Trinajstić information content (AvgIpc) is 1.56. The van der Waals surface area contributed by atoms with Crippen LogP contribution >= 0.6 is 0 Å². The standard InChI is InChI=1S/C8H16FN/c1-3-4-8(2,9)7-5-10-6-7/h7,10H,3-6H2,1-2H3. The Labute approximate surface area is 62.0 Å². The Morgan fingerprint density at radius 3 is 2.50 bits per heavy atom. The van der Waals surface area contributed by atoms with Crippen LogP contribution < -0.4 is 5.32 Å². The first-order valence-electron chi connectivity index (χ1n) is 4.06. The topological polar surface area (TPSA) is 12.0 Å². The second kappa shape index (κ2) is 2.87. The first-order valence-corrected chi connectivity index (χ1v) is 4.06. The predicted molar refractivity (Wildman–Crippen MR) is 40.8 cm³/mol. The molecule has 1 aliphatic heterocycles. The van der Waals surface area contributed by atoms with Crippen molar-refractivity contribution in [3.05, 3.63) is 0 Å². The van der Waals surface area contributed by atoms with E-state index >= 15 is 0 Å². The van der Waals surface area contributed by atoms with Gasteiger partial charge in [0, 0.05) is 19.0 Å². The minimum atomic E-state index is -0.917. The first-order chi connectivity index (χ1) is 4.67. The van der Waals surface area contributed by atoms with Crippen LogP contribution in [-0.4, -0.2) is 18.8 Å². The van der Waals surface area contributed by atoms with E-state index in [4.69, 9.17) is 0 Å². The fraction of sp³-hybridized carbons (Fsp3) is 1.00. The molecule has 0 aromatic heterocycles. The number of alkyl halides is 1. The summed E-state index contributed by atoms with van der Waals surface area (Å²) in [5, 5.41) is 3.09. The molecule has 1 saturated heterocycles. The van der Waals surface area contributed by atoms with Crippen LogP contribution in [-0.2, 0) is 0 Å². The van der Waals surface area contributed by atoms with E-state index in [1.807, 2.05) is 6.92 Å². The Bertz CT molecular complexity index is 108. The molecule has 0 saturated carbocycles. The highest BCUT2D eigenvalue weighted by Gasteiger charge is 2.36. The van der Waals surface area contributed by atoms with Crippen molar-refractivity contribution in [2.75, 3.05) is 13.1 Å². The molecule has 10 heavy (non-hydrogen) atoms. The van der Waals surface area contributed by atoms with Crippen LogP contribution in [0, 0.1) is 5.92 Å². The van der Waals surface area contributed by atoms with Crippen molar-refractivity contribution in [1.29, 1.82) is 0 Å². The number of rotatable bonds is 3. The smallest absolute Gasteiger partial charge is 0.113 e. The number of hydrogen-bond donors (Lipinski definition) is 1. The van der Waals surface area contributed by atoms with Crippen molar-refractivity contribution < 1.29 is 4.39 Å². The Kier molecular flexibility index (Phi) is 2.29. The van der Waals surface area contributed by atoms with Crippen LogP contribution in [0.15, 0.2) is 0 Å². The van der Waals surface area contributed by atoms with Crippen molar-refractivity contribution in [2.24, 2.45) is 5.92 Å². The van der Waals surface area contributed by atoms with Gasteiger partial charge in [0.2, 0.25) is 0 Å².